The molecule has 0 aliphatic rings. The molecule has 7 heteroatoms. The molecule has 0 heterocycles. The zero-order valence-corrected chi connectivity index (χ0v) is 12.2. The molecule has 0 unspecified atom stereocenters. The van der Waals surface area contributed by atoms with Crippen LogP contribution in [0.25, 0.3) is 0 Å². The third kappa shape index (κ3) is 5.45. The molecule has 1 rings (SSSR count). The first-order valence-corrected chi connectivity index (χ1v) is 6.15. The Hall–Kier alpha value is -2.05. The van der Waals surface area contributed by atoms with Crippen LogP contribution >= 0.6 is 0 Å². The van der Waals surface area contributed by atoms with Gasteiger partial charge < -0.3 is 9.47 Å². The zero-order valence-electron chi connectivity index (χ0n) is 12.2. The molecule has 1 aromatic rings. The number of hydrogen-bond donors (Lipinski definition) is 0. The lowest BCUT2D eigenvalue weighted by atomic mass is 10.1. The number of methoxy groups -OCH3 is 2. The Balaban J connectivity index is 0.00000191. The van der Waals surface area contributed by atoms with E-state index in [0.717, 1.165) is 0 Å². The molecular weight excluding hydrogens is 289 g/mol. The summed E-state index contributed by atoms with van der Waals surface area (Å²) in [5.41, 5.74) is -0.0461. The first-order valence-electron chi connectivity index (χ1n) is 6.15. The van der Waals surface area contributed by atoms with Gasteiger partial charge in [-0.1, -0.05) is 13.8 Å². The predicted molar refractivity (Wildman–Crippen MR) is 70.9 cm³/mol. The van der Waals surface area contributed by atoms with E-state index in [9.17, 15) is 22.8 Å². The molecular formula is C14H17F3O4. The highest BCUT2D eigenvalue weighted by Gasteiger charge is 2.39. The third-order valence-electron chi connectivity index (χ3n) is 2.34. The van der Waals surface area contributed by atoms with E-state index in [0.29, 0.717) is 5.75 Å². The maximum absolute atomic E-state index is 12.0. The summed E-state index contributed by atoms with van der Waals surface area (Å²) in [5, 5.41) is 0. The number of hydrogen-bond acceptors (Lipinski definition) is 4. The van der Waals surface area contributed by atoms with Gasteiger partial charge in [0, 0.05) is 5.56 Å². The lowest BCUT2D eigenvalue weighted by Crippen LogP contribution is -2.25. The van der Waals surface area contributed by atoms with Crippen molar-refractivity contribution in [1.82, 2.24) is 0 Å². The summed E-state index contributed by atoms with van der Waals surface area (Å²) in [4.78, 5) is 22.3. The van der Waals surface area contributed by atoms with Crippen LogP contribution in [-0.2, 0) is 4.79 Å². The minimum absolute atomic E-state index is 0.0461. The fraction of sp³-hybridized carbons (Fsp3) is 0.429. The van der Waals surface area contributed by atoms with Gasteiger partial charge in [-0.05, 0) is 18.2 Å². The highest BCUT2D eigenvalue weighted by atomic mass is 19.4. The molecule has 0 amide bonds. The van der Waals surface area contributed by atoms with Gasteiger partial charge in [0.2, 0.25) is 5.78 Å². The van der Waals surface area contributed by atoms with Crippen LogP contribution in [0.3, 0.4) is 0 Å². The van der Waals surface area contributed by atoms with E-state index in [1.54, 1.807) is 0 Å². The largest absolute Gasteiger partial charge is 0.493 e. The Bertz CT molecular complexity index is 495. The van der Waals surface area contributed by atoms with E-state index in [4.69, 9.17) is 9.47 Å². The molecule has 21 heavy (non-hydrogen) atoms. The van der Waals surface area contributed by atoms with Gasteiger partial charge in [0.15, 0.2) is 17.3 Å². The van der Waals surface area contributed by atoms with Crippen molar-refractivity contribution in [3.63, 3.8) is 0 Å². The van der Waals surface area contributed by atoms with Gasteiger partial charge in [-0.15, -0.1) is 0 Å². The van der Waals surface area contributed by atoms with Crippen molar-refractivity contribution in [3.8, 4) is 11.5 Å². The minimum Gasteiger partial charge on any atom is -0.493 e. The van der Waals surface area contributed by atoms with Gasteiger partial charge in [-0.2, -0.15) is 13.2 Å². The molecule has 1 aromatic carbocycles. The predicted octanol–water partition coefficient (Wildman–Crippen LogP) is 3.43. The van der Waals surface area contributed by atoms with Crippen LogP contribution in [0.15, 0.2) is 18.2 Å². The van der Waals surface area contributed by atoms with Gasteiger partial charge in [-0.25, -0.2) is 0 Å². The molecule has 0 fully saturated rings. The number of rotatable bonds is 5. The third-order valence-corrected chi connectivity index (χ3v) is 2.34. The molecule has 0 radical (unpaired) electrons. The smallest absolute Gasteiger partial charge is 0.450 e. The van der Waals surface area contributed by atoms with Crippen LogP contribution in [0.4, 0.5) is 13.2 Å². The topological polar surface area (TPSA) is 52.6 Å². The summed E-state index contributed by atoms with van der Waals surface area (Å²) in [6.45, 7) is 4.00. The molecule has 0 saturated heterocycles. The number of carbonyl (C=O) groups is 2. The van der Waals surface area contributed by atoms with Crippen LogP contribution in [-0.4, -0.2) is 32.0 Å². The molecule has 0 bridgehead atoms. The summed E-state index contributed by atoms with van der Waals surface area (Å²) >= 11 is 0. The van der Waals surface area contributed by atoms with E-state index in [1.807, 2.05) is 13.8 Å². The average molecular weight is 306 g/mol. The second-order valence-electron chi connectivity index (χ2n) is 3.59. The number of ketones is 2. The molecule has 0 N–H and O–H groups in total. The normalized spacial score (nSPS) is 10.2. The van der Waals surface area contributed by atoms with Gasteiger partial charge in [0.05, 0.1) is 20.6 Å². The monoisotopic (exact) mass is 306 g/mol. The van der Waals surface area contributed by atoms with Crippen LogP contribution in [0.1, 0.15) is 30.6 Å². The first kappa shape index (κ1) is 18.9. The Kier molecular flexibility index (Phi) is 7.48. The Labute approximate surface area is 120 Å². The van der Waals surface area contributed by atoms with Gasteiger partial charge in [-0.3, -0.25) is 9.59 Å². The van der Waals surface area contributed by atoms with Gasteiger partial charge >= 0.3 is 6.18 Å². The van der Waals surface area contributed by atoms with Crippen molar-refractivity contribution in [2.75, 3.05) is 14.2 Å². The molecule has 0 aromatic heterocycles. The molecule has 0 aliphatic heterocycles. The fourth-order valence-corrected chi connectivity index (χ4v) is 1.36. The number of carbonyl (C=O) groups excluding carboxylic acids is 2. The first-order chi connectivity index (χ1) is 9.79. The highest BCUT2D eigenvalue weighted by molar-refractivity contribution is 6.09. The van der Waals surface area contributed by atoms with Crippen LogP contribution < -0.4 is 9.47 Å². The number of Topliss-reactive ketones (excluding diaryl/α,β-unsaturated/α-hetero) is 2. The van der Waals surface area contributed by atoms with E-state index in [-0.39, 0.29) is 11.3 Å². The van der Waals surface area contributed by atoms with Crippen molar-refractivity contribution in [1.29, 1.82) is 0 Å². The number of benzene rings is 1. The van der Waals surface area contributed by atoms with E-state index >= 15 is 0 Å². The molecule has 0 saturated carbocycles. The van der Waals surface area contributed by atoms with Crippen molar-refractivity contribution in [2.24, 2.45) is 0 Å². The molecule has 4 nitrogen and oxygen atoms in total. The summed E-state index contributed by atoms with van der Waals surface area (Å²) in [6.07, 6.45) is -6.23. The van der Waals surface area contributed by atoms with Crippen molar-refractivity contribution in [2.45, 2.75) is 26.4 Å². The van der Waals surface area contributed by atoms with Gasteiger partial charge in [0.1, 0.15) is 0 Å². The number of halogens is 3. The summed E-state index contributed by atoms with van der Waals surface area (Å²) in [7, 11) is 2.71. The van der Waals surface area contributed by atoms with Crippen LogP contribution in [0.2, 0.25) is 0 Å². The summed E-state index contributed by atoms with van der Waals surface area (Å²) < 4.78 is 46.0. The zero-order chi connectivity index (χ0) is 16.6. The van der Waals surface area contributed by atoms with E-state index < -0.39 is 24.2 Å². The molecule has 0 aliphatic carbocycles. The molecule has 118 valence electrons. The standard InChI is InChI=1S/C12H11F3O4.C2H6/c1-18-9-4-3-7(5-10(9)19-2)8(16)6-11(17)12(13,14)15;1-2/h3-5H,6H2,1-2H3;1-2H3. The number of ether oxygens (including phenoxy) is 2. The SMILES string of the molecule is CC.COc1ccc(C(=O)CC(=O)C(F)(F)F)cc1OC. The average Bonchev–Trinajstić information content (AvgIpc) is 2.47. The highest BCUT2D eigenvalue weighted by Crippen LogP contribution is 2.28. The van der Waals surface area contributed by atoms with E-state index in [1.165, 1.54) is 32.4 Å². The van der Waals surface area contributed by atoms with Crippen molar-refractivity contribution < 1.29 is 32.2 Å². The maximum Gasteiger partial charge on any atom is 0.450 e. The lowest BCUT2D eigenvalue weighted by molar-refractivity contribution is -0.170. The van der Waals surface area contributed by atoms with Crippen LogP contribution in [0.5, 0.6) is 11.5 Å². The van der Waals surface area contributed by atoms with Crippen molar-refractivity contribution in [3.05, 3.63) is 23.8 Å². The van der Waals surface area contributed by atoms with Crippen molar-refractivity contribution >= 4 is 11.6 Å². The lowest BCUT2D eigenvalue weighted by Gasteiger charge is -2.09. The summed E-state index contributed by atoms with van der Waals surface area (Å²) in [5.74, 6) is -2.47. The minimum atomic E-state index is -5.01. The second-order valence-corrected chi connectivity index (χ2v) is 3.59. The molecule has 0 atom stereocenters. The Morgan fingerprint density at radius 3 is 2.00 bits per heavy atom. The maximum atomic E-state index is 12.0. The Morgan fingerprint density at radius 1 is 1.05 bits per heavy atom. The number of alkyl halides is 3. The van der Waals surface area contributed by atoms with Crippen LogP contribution in [0, 0.1) is 0 Å². The quantitative estimate of drug-likeness (QED) is 0.618. The summed E-state index contributed by atoms with van der Waals surface area (Å²) in [6, 6.07) is 3.88. The Morgan fingerprint density at radius 2 is 1.57 bits per heavy atom. The molecule has 0 spiro atoms. The second kappa shape index (κ2) is 8.28. The fourth-order valence-electron chi connectivity index (χ4n) is 1.36. The van der Waals surface area contributed by atoms with Gasteiger partial charge in [0.25, 0.3) is 0 Å². The van der Waals surface area contributed by atoms with E-state index in [2.05, 4.69) is 0 Å².